The number of para-hydroxylation sites is 1. The molecule has 0 bridgehead atoms. The predicted octanol–water partition coefficient (Wildman–Crippen LogP) is 4.11. The lowest BCUT2D eigenvalue weighted by Gasteiger charge is -2.12. The Labute approximate surface area is 203 Å². The highest BCUT2D eigenvalue weighted by atomic mass is 16.5. The van der Waals surface area contributed by atoms with E-state index in [9.17, 15) is 14.4 Å². The van der Waals surface area contributed by atoms with E-state index >= 15 is 0 Å². The minimum Gasteiger partial charge on any atom is -0.493 e. The zero-order valence-corrected chi connectivity index (χ0v) is 19.4. The molecule has 0 saturated carbocycles. The van der Waals surface area contributed by atoms with E-state index in [1.807, 2.05) is 61.5 Å². The summed E-state index contributed by atoms with van der Waals surface area (Å²) in [5, 5.41) is 5.43. The van der Waals surface area contributed by atoms with Crippen LogP contribution in [0, 0.1) is 6.92 Å². The number of amides is 4. The molecular weight excluding hydrogens is 446 g/mol. The number of rotatable bonds is 8. The normalized spacial score (nSPS) is 14.1. The van der Waals surface area contributed by atoms with Crippen LogP contribution in [0.25, 0.3) is 6.08 Å². The molecule has 8 heteroatoms. The summed E-state index contributed by atoms with van der Waals surface area (Å²) in [7, 11) is 1.48. The van der Waals surface area contributed by atoms with Gasteiger partial charge in [-0.2, -0.15) is 0 Å². The van der Waals surface area contributed by atoms with Crippen molar-refractivity contribution in [3.8, 4) is 11.5 Å². The highest BCUT2D eigenvalue weighted by molar-refractivity contribution is 6.13. The van der Waals surface area contributed by atoms with Gasteiger partial charge in [0, 0.05) is 5.69 Å². The first-order chi connectivity index (χ1) is 16.9. The van der Waals surface area contributed by atoms with Crippen LogP contribution in [0.3, 0.4) is 0 Å². The number of carbonyl (C=O) groups excluding carboxylic acids is 3. The van der Waals surface area contributed by atoms with Crippen LogP contribution >= 0.6 is 0 Å². The van der Waals surface area contributed by atoms with Crippen molar-refractivity contribution in [1.29, 1.82) is 0 Å². The predicted molar refractivity (Wildman–Crippen MR) is 132 cm³/mol. The van der Waals surface area contributed by atoms with Crippen molar-refractivity contribution in [2.24, 2.45) is 0 Å². The number of hydrogen-bond acceptors (Lipinski definition) is 5. The highest BCUT2D eigenvalue weighted by Crippen LogP contribution is 2.29. The molecule has 0 spiro atoms. The molecule has 1 aliphatic heterocycles. The van der Waals surface area contributed by atoms with Crippen LogP contribution in [-0.2, 0) is 16.1 Å². The van der Waals surface area contributed by atoms with E-state index in [-0.39, 0.29) is 24.8 Å². The first kappa shape index (κ1) is 23.6. The van der Waals surface area contributed by atoms with E-state index in [1.54, 1.807) is 24.3 Å². The molecule has 0 aliphatic carbocycles. The maximum absolute atomic E-state index is 12.8. The third kappa shape index (κ3) is 5.67. The van der Waals surface area contributed by atoms with Crippen LogP contribution in [0.1, 0.15) is 16.7 Å². The molecule has 35 heavy (non-hydrogen) atoms. The van der Waals surface area contributed by atoms with Crippen molar-refractivity contribution in [3.63, 3.8) is 0 Å². The summed E-state index contributed by atoms with van der Waals surface area (Å²) >= 11 is 0. The topological polar surface area (TPSA) is 97.0 Å². The smallest absolute Gasteiger partial charge is 0.329 e. The van der Waals surface area contributed by atoms with Crippen molar-refractivity contribution >= 4 is 29.6 Å². The number of urea groups is 1. The van der Waals surface area contributed by atoms with Gasteiger partial charge in [-0.15, -0.1) is 0 Å². The fourth-order valence-electron chi connectivity index (χ4n) is 3.58. The Morgan fingerprint density at radius 1 is 1.00 bits per heavy atom. The lowest BCUT2D eigenvalue weighted by molar-refractivity contribution is -0.123. The van der Waals surface area contributed by atoms with Gasteiger partial charge < -0.3 is 20.1 Å². The standard InChI is InChI=1S/C27H25N3O5/c1-18-8-6-7-11-21(18)28-25(31)17-35-23-13-12-20(15-24(23)34-2)14-22-26(32)30(27(33)29-22)16-19-9-4-3-5-10-19/h3-15H,16-17H2,1-2H3,(H,28,31)(H,29,33)/b22-14-. The van der Waals surface area contributed by atoms with Gasteiger partial charge in [0.1, 0.15) is 5.70 Å². The fraction of sp³-hybridized carbons (Fsp3) is 0.148. The van der Waals surface area contributed by atoms with Crippen LogP contribution in [0.4, 0.5) is 10.5 Å². The van der Waals surface area contributed by atoms with Gasteiger partial charge in [-0.3, -0.25) is 14.5 Å². The summed E-state index contributed by atoms with van der Waals surface area (Å²) in [5.41, 5.74) is 3.32. The number of nitrogens with one attached hydrogen (secondary N) is 2. The largest absolute Gasteiger partial charge is 0.493 e. The number of nitrogens with zero attached hydrogens (tertiary/aromatic N) is 1. The molecule has 0 atom stereocenters. The Bertz CT molecular complexity index is 1290. The molecule has 0 unspecified atom stereocenters. The molecule has 0 aromatic heterocycles. The number of imide groups is 1. The minimum absolute atomic E-state index is 0.166. The van der Waals surface area contributed by atoms with E-state index in [2.05, 4.69) is 10.6 Å². The van der Waals surface area contributed by atoms with Gasteiger partial charge in [0.2, 0.25) is 0 Å². The van der Waals surface area contributed by atoms with E-state index in [4.69, 9.17) is 9.47 Å². The van der Waals surface area contributed by atoms with Crippen LogP contribution < -0.4 is 20.1 Å². The van der Waals surface area contributed by atoms with Gasteiger partial charge in [0.15, 0.2) is 18.1 Å². The van der Waals surface area contributed by atoms with Gasteiger partial charge in [-0.05, 0) is 47.9 Å². The summed E-state index contributed by atoms with van der Waals surface area (Å²) in [6.45, 7) is 1.89. The maximum Gasteiger partial charge on any atom is 0.329 e. The van der Waals surface area contributed by atoms with Gasteiger partial charge in [0.25, 0.3) is 11.8 Å². The van der Waals surface area contributed by atoms with Gasteiger partial charge >= 0.3 is 6.03 Å². The number of hydrogen-bond donors (Lipinski definition) is 2. The minimum atomic E-state index is -0.475. The maximum atomic E-state index is 12.8. The molecule has 1 aliphatic rings. The fourth-order valence-corrected chi connectivity index (χ4v) is 3.58. The number of methoxy groups -OCH3 is 1. The first-order valence-electron chi connectivity index (χ1n) is 11.0. The van der Waals surface area contributed by atoms with Crippen LogP contribution in [0.2, 0.25) is 0 Å². The molecule has 1 fully saturated rings. The second-order valence-electron chi connectivity index (χ2n) is 7.93. The Morgan fingerprint density at radius 3 is 2.49 bits per heavy atom. The Balaban J connectivity index is 1.42. The number of ether oxygens (including phenoxy) is 2. The zero-order valence-electron chi connectivity index (χ0n) is 19.4. The van der Waals surface area contributed by atoms with Crippen molar-refractivity contribution < 1.29 is 23.9 Å². The summed E-state index contributed by atoms with van der Waals surface area (Å²) < 4.78 is 11.0. The number of benzene rings is 3. The van der Waals surface area contributed by atoms with Crippen LogP contribution in [-0.4, -0.2) is 36.5 Å². The molecule has 178 valence electrons. The van der Waals surface area contributed by atoms with Crippen LogP contribution in [0.5, 0.6) is 11.5 Å². The van der Waals surface area contributed by atoms with E-state index in [1.165, 1.54) is 7.11 Å². The number of carbonyl (C=O) groups is 3. The number of anilines is 1. The number of aryl methyl sites for hydroxylation is 1. The molecule has 3 aromatic rings. The van der Waals surface area contributed by atoms with E-state index in [0.717, 1.165) is 21.7 Å². The van der Waals surface area contributed by atoms with E-state index < -0.39 is 11.9 Å². The average molecular weight is 472 g/mol. The third-order valence-corrected chi connectivity index (χ3v) is 5.42. The summed E-state index contributed by atoms with van der Waals surface area (Å²) in [4.78, 5) is 38.6. The van der Waals surface area contributed by atoms with Crippen molar-refractivity contribution in [2.45, 2.75) is 13.5 Å². The highest BCUT2D eigenvalue weighted by Gasteiger charge is 2.33. The van der Waals surface area contributed by atoms with E-state index in [0.29, 0.717) is 17.1 Å². The zero-order chi connectivity index (χ0) is 24.8. The second-order valence-corrected chi connectivity index (χ2v) is 7.93. The third-order valence-electron chi connectivity index (χ3n) is 5.42. The molecule has 3 aromatic carbocycles. The lowest BCUT2D eigenvalue weighted by Crippen LogP contribution is -2.30. The lowest BCUT2D eigenvalue weighted by atomic mass is 10.1. The molecule has 1 heterocycles. The molecule has 8 nitrogen and oxygen atoms in total. The molecular formula is C27H25N3O5. The molecule has 1 saturated heterocycles. The van der Waals surface area contributed by atoms with Gasteiger partial charge in [-0.25, -0.2) is 4.79 Å². The monoisotopic (exact) mass is 471 g/mol. The van der Waals surface area contributed by atoms with Crippen LogP contribution in [0.15, 0.2) is 78.5 Å². The Hall–Kier alpha value is -4.59. The average Bonchev–Trinajstić information content (AvgIpc) is 3.12. The van der Waals surface area contributed by atoms with Gasteiger partial charge in [0.05, 0.1) is 13.7 Å². The Morgan fingerprint density at radius 2 is 1.74 bits per heavy atom. The molecule has 0 radical (unpaired) electrons. The molecule has 2 N–H and O–H groups in total. The molecule has 4 rings (SSSR count). The Kier molecular flexibility index (Phi) is 7.11. The molecule has 4 amide bonds. The van der Waals surface area contributed by atoms with Crippen molar-refractivity contribution in [1.82, 2.24) is 10.2 Å². The summed E-state index contributed by atoms with van der Waals surface area (Å²) in [6, 6.07) is 21.3. The van der Waals surface area contributed by atoms with Gasteiger partial charge in [-0.1, -0.05) is 54.6 Å². The quantitative estimate of drug-likeness (QED) is 0.381. The van der Waals surface area contributed by atoms with Crippen molar-refractivity contribution in [2.75, 3.05) is 19.0 Å². The van der Waals surface area contributed by atoms with Crippen molar-refractivity contribution in [3.05, 3.63) is 95.2 Å². The summed E-state index contributed by atoms with van der Waals surface area (Å²) in [5.74, 6) is 0.0550. The second kappa shape index (κ2) is 10.6. The SMILES string of the molecule is COc1cc(/C=C2\NC(=O)N(Cc3ccccc3)C2=O)ccc1OCC(=O)Nc1ccccc1C. The summed E-state index contributed by atoms with van der Waals surface area (Å²) in [6.07, 6.45) is 1.57. The first-order valence-corrected chi connectivity index (χ1v) is 11.0.